The third-order valence-electron chi connectivity index (χ3n) is 5.30. The summed E-state index contributed by atoms with van der Waals surface area (Å²) in [5.74, 6) is -0.376. The van der Waals surface area contributed by atoms with Crippen molar-refractivity contribution in [3.63, 3.8) is 0 Å². The predicted octanol–water partition coefficient (Wildman–Crippen LogP) is 1.18. The molecule has 2 saturated heterocycles. The van der Waals surface area contributed by atoms with E-state index in [0.29, 0.717) is 13.1 Å². The third kappa shape index (κ3) is 5.19. The van der Waals surface area contributed by atoms with E-state index in [1.54, 1.807) is 4.90 Å². The zero-order valence-corrected chi connectivity index (χ0v) is 15.8. The monoisotopic (exact) mass is 378 g/mol. The smallest absolute Gasteiger partial charge is 0.236 e. The van der Waals surface area contributed by atoms with E-state index in [0.717, 1.165) is 57.1 Å². The Balaban J connectivity index is 1.43. The fraction of sp³-hybridized carbons (Fsp3) is 0.579. The van der Waals surface area contributed by atoms with Gasteiger partial charge in [-0.15, -0.1) is 0 Å². The number of primary amides is 1. The van der Waals surface area contributed by atoms with Gasteiger partial charge in [-0.3, -0.25) is 19.4 Å². The largest absolute Gasteiger partial charge is 0.369 e. The zero-order chi connectivity index (χ0) is 18.5. The van der Waals surface area contributed by atoms with Gasteiger partial charge < -0.3 is 10.6 Å². The van der Waals surface area contributed by atoms with Crippen LogP contribution >= 0.6 is 11.6 Å². The van der Waals surface area contributed by atoms with Crippen LogP contribution < -0.4 is 5.73 Å². The average Bonchev–Trinajstić information content (AvgIpc) is 2.63. The van der Waals surface area contributed by atoms with Crippen molar-refractivity contribution >= 4 is 23.4 Å². The summed E-state index contributed by atoms with van der Waals surface area (Å²) >= 11 is 6.05. The van der Waals surface area contributed by atoms with E-state index in [4.69, 9.17) is 17.3 Å². The van der Waals surface area contributed by atoms with Crippen LogP contribution in [0.3, 0.4) is 0 Å². The molecule has 1 aromatic carbocycles. The fourth-order valence-corrected chi connectivity index (χ4v) is 3.94. The van der Waals surface area contributed by atoms with Crippen LogP contribution in [0.2, 0.25) is 5.02 Å². The van der Waals surface area contributed by atoms with Crippen LogP contribution in [-0.4, -0.2) is 72.3 Å². The molecule has 7 heteroatoms. The first-order valence-electron chi connectivity index (χ1n) is 9.27. The maximum Gasteiger partial charge on any atom is 0.236 e. The van der Waals surface area contributed by atoms with Gasteiger partial charge in [0, 0.05) is 50.8 Å². The molecular weight excluding hydrogens is 352 g/mol. The number of carbonyl (C=O) groups is 2. The molecule has 2 amide bonds. The van der Waals surface area contributed by atoms with Gasteiger partial charge in [0.15, 0.2) is 0 Å². The first kappa shape index (κ1) is 19.1. The van der Waals surface area contributed by atoms with Crippen molar-refractivity contribution in [3.8, 4) is 0 Å². The second-order valence-corrected chi connectivity index (χ2v) is 7.70. The highest BCUT2D eigenvalue weighted by Crippen LogP contribution is 2.17. The van der Waals surface area contributed by atoms with E-state index in [-0.39, 0.29) is 17.7 Å². The molecule has 2 N–H and O–H groups in total. The van der Waals surface area contributed by atoms with E-state index >= 15 is 0 Å². The lowest BCUT2D eigenvalue weighted by Crippen LogP contribution is -2.51. The second-order valence-electron chi connectivity index (χ2n) is 7.26. The maximum absolute atomic E-state index is 12.5. The summed E-state index contributed by atoms with van der Waals surface area (Å²) in [6.45, 7) is 6.14. The lowest BCUT2D eigenvalue weighted by molar-refractivity contribution is -0.136. The number of likely N-dealkylation sites (tertiary alicyclic amines) is 1. The highest BCUT2D eigenvalue weighted by Gasteiger charge is 2.28. The topological polar surface area (TPSA) is 69.9 Å². The van der Waals surface area contributed by atoms with Crippen LogP contribution in [-0.2, 0) is 16.1 Å². The van der Waals surface area contributed by atoms with E-state index in [1.165, 1.54) is 5.56 Å². The van der Waals surface area contributed by atoms with Crippen molar-refractivity contribution in [1.82, 2.24) is 14.7 Å². The van der Waals surface area contributed by atoms with Gasteiger partial charge in [0.2, 0.25) is 11.8 Å². The summed E-state index contributed by atoms with van der Waals surface area (Å²) in [6.07, 6.45) is 1.65. The van der Waals surface area contributed by atoms with E-state index in [9.17, 15) is 9.59 Å². The zero-order valence-electron chi connectivity index (χ0n) is 15.1. The number of hydrogen-bond acceptors (Lipinski definition) is 4. The molecule has 1 atom stereocenters. The number of halogens is 1. The molecule has 0 aromatic heterocycles. The SMILES string of the molecule is NC(=O)C1CCCN(C(=O)CN2CCN(Cc3cccc(Cl)c3)CC2)C1. The number of hydrogen-bond donors (Lipinski definition) is 1. The van der Waals surface area contributed by atoms with E-state index < -0.39 is 0 Å². The van der Waals surface area contributed by atoms with Crippen LogP contribution in [0, 0.1) is 5.92 Å². The van der Waals surface area contributed by atoms with Crippen LogP contribution in [0.5, 0.6) is 0 Å². The lowest BCUT2D eigenvalue weighted by Gasteiger charge is -2.37. The summed E-state index contributed by atoms with van der Waals surface area (Å²) in [6, 6.07) is 7.96. The quantitative estimate of drug-likeness (QED) is 0.835. The third-order valence-corrected chi connectivity index (χ3v) is 5.53. The molecule has 2 fully saturated rings. The number of benzene rings is 1. The molecule has 26 heavy (non-hydrogen) atoms. The maximum atomic E-state index is 12.5. The standard InChI is InChI=1S/C19H27ClN4O2/c20-17-5-1-3-15(11-17)12-22-7-9-23(10-8-22)14-18(25)24-6-2-4-16(13-24)19(21)26/h1,3,5,11,16H,2,4,6-10,12-14H2,(H2,21,26). The Morgan fingerprint density at radius 3 is 2.54 bits per heavy atom. The van der Waals surface area contributed by atoms with Gasteiger partial charge in [0.05, 0.1) is 12.5 Å². The highest BCUT2D eigenvalue weighted by molar-refractivity contribution is 6.30. The Labute approximate surface area is 159 Å². The molecule has 3 rings (SSSR count). The van der Waals surface area contributed by atoms with Gasteiger partial charge in [0.1, 0.15) is 0 Å². The number of rotatable bonds is 5. The molecule has 142 valence electrons. The fourth-order valence-electron chi connectivity index (χ4n) is 3.73. The van der Waals surface area contributed by atoms with Crippen molar-refractivity contribution < 1.29 is 9.59 Å². The van der Waals surface area contributed by atoms with Gasteiger partial charge in [-0.25, -0.2) is 0 Å². The Morgan fingerprint density at radius 1 is 1.12 bits per heavy atom. The average molecular weight is 379 g/mol. The predicted molar refractivity (Wildman–Crippen MR) is 102 cm³/mol. The Bertz CT molecular complexity index is 646. The number of amides is 2. The van der Waals surface area contributed by atoms with E-state index in [2.05, 4.69) is 15.9 Å². The molecule has 0 radical (unpaired) electrons. The number of carbonyl (C=O) groups excluding carboxylic acids is 2. The lowest BCUT2D eigenvalue weighted by atomic mass is 9.97. The second kappa shape index (κ2) is 8.84. The minimum atomic E-state index is -0.294. The number of piperazine rings is 1. The summed E-state index contributed by atoms with van der Waals surface area (Å²) in [4.78, 5) is 30.3. The summed E-state index contributed by atoms with van der Waals surface area (Å²) in [5.41, 5.74) is 6.62. The molecule has 0 bridgehead atoms. The van der Waals surface area contributed by atoms with Crippen LogP contribution in [0.1, 0.15) is 18.4 Å². The molecule has 0 spiro atoms. The minimum absolute atomic E-state index is 0.110. The molecule has 1 aromatic rings. The number of nitrogens with two attached hydrogens (primary N) is 1. The van der Waals surface area contributed by atoms with Gasteiger partial charge >= 0.3 is 0 Å². The molecule has 2 aliphatic rings. The van der Waals surface area contributed by atoms with Crippen LogP contribution in [0.25, 0.3) is 0 Å². The molecule has 2 heterocycles. The first-order chi connectivity index (χ1) is 12.5. The molecule has 0 saturated carbocycles. The Kier molecular flexibility index (Phi) is 6.51. The van der Waals surface area contributed by atoms with Crippen molar-refractivity contribution in [2.75, 3.05) is 45.8 Å². The summed E-state index contributed by atoms with van der Waals surface area (Å²) in [7, 11) is 0. The van der Waals surface area contributed by atoms with Crippen molar-refractivity contribution in [2.24, 2.45) is 11.7 Å². The molecule has 1 unspecified atom stereocenters. The van der Waals surface area contributed by atoms with Gasteiger partial charge in [-0.1, -0.05) is 23.7 Å². The van der Waals surface area contributed by atoms with Gasteiger partial charge in [-0.05, 0) is 30.5 Å². The summed E-state index contributed by atoms with van der Waals surface area (Å²) < 4.78 is 0. The normalized spacial score (nSPS) is 22.3. The van der Waals surface area contributed by atoms with Crippen molar-refractivity contribution in [3.05, 3.63) is 34.9 Å². The highest BCUT2D eigenvalue weighted by atomic mass is 35.5. The summed E-state index contributed by atoms with van der Waals surface area (Å²) in [5, 5.41) is 0.766. The van der Waals surface area contributed by atoms with E-state index in [1.807, 2.05) is 18.2 Å². The molecular formula is C19H27ClN4O2. The first-order valence-corrected chi connectivity index (χ1v) is 9.65. The Morgan fingerprint density at radius 2 is 1.85 bits per heavy atom. The number of nitrogens with zero attached hydrogens (tertiary/aromatic N) is 3. The molecule has 0 aliphatic carbocycles. The minimum Gasteiger partial charge on any atom is -0.369 e. The number of piperidine rings is 1. The molecule has 6 nitrogen and oxygen atoms in total. The van der Waals surface area contributed by atoms with Crippen molar-refractivity contribution in [2.45, 2.75) is 19.4 Å². The van der Waals surface area contributed by atoms with Crippen LogP contribution in [0.15, 0.2) is 24.3 Å². The Hall–Kier alpha value is -1.63. The van der Waals surface area contributed by atoms with Gasteiger partial charge in [-0.2, -0.15) is 0 Å². The van der Waals surface area contributed by atoms with Crippen molar-refractivity contribution in [1.29, 1.82) is 0 Å². The van der Waals surface area contributed by atoms with Crippen LogP contribution in [0.4, 0.5) is 0 Å². The molecule has 2 aliphatic heterocycles. The van der Waals surface area contributed by atoms with Gasteiger partial charge in [0.25, 0.3) is 0 Å².